The molecular formula is C17H19NO2. The van der Waals surface area contributed by atoms with E-state index in [2.05, 4.69) is 5.32 Å². The number of carbonyl (C=O) groups is 1. The standard InChI is InChI=1S/C17H19NO2/c19-12-11-18-16(13-14-7-3-1-4-8-14)17(20)15-9-5-2-6-10-15/h1-10,16,18-19H,11-13H2. The smallest absolute Gasteiger partial charge is 0.180 e. The van der Waals surface area contributed by atoms with Gasteiger partial charge >= 0.3 is 0 Å². The normalized spacial score (nSPS) is 12.1. The number of aliphatic hydroxyl groups excluding tert-OH is 1. The second kappa shape index (κ2) is 7.58. The van der Waals surface area contributed by atoms with E-state index in [0.29, 0.717) is 18.5 Å². The van der Waals surface area contributed by atoms with Gasteiger partial charge in [-0.1, -0.05) is 60.7 Å². The van der Waals surface area contributed by atoms with Crippen LogP contribution >= 0.6 is 0 Å². The van der Waals surface area contributed by atoms with Crippen LogP contribution in [0.2, 0.25) is 0 Å². The largest absolute Gasteiger partial charge is 0.395 e. The Balaban J connectivity index is 2.13. The van der Waals surface area contributed by atoms with E-state index in [1.165, 1.54) is 0 Å². The number of hydrogen-bond acceptors (Lipinski definition) is 3. The number of benzene rings is 2. The lowest BCUT2D eigenvalue weighted by Gasteiger charge is -2.17. The molecule has 0 saturated carbocycles. The quantitative estimate of drug-likeness (QED) is 0.756. The van der Waals surface area contributed by atoms with E-state index in [9.17, 15) is 4.79 Å². The van der Waals surface area contributed by atoms with Gasteiger partial charge in [-0.05, 0) is 12.0 Å². The lowest BCUT2D eigenvalue weighted by Crippen LogP contribution is -2.40. The molecule has 1 atom stereocenters. The number of nitrogens with one attached hydrogen (secondary N) is 1. The van der Waals surface area contributed by atoms with E-state index in [-0.39, 0.29) is 18.4 Å². The average molecular weight is 269 g/mol. The van der Waals surface area contributed by atoms with Gasteiger partial charge in [0.1, 0.15) is 0 Å². The van der Waals surface area contributed by atoms with E-state index < -0.39 is 0 Å². The zero-order valence-corrected chi connectivity index (χ0v) is 11.3. The second-order valence-corrected chi connectivity index (χ2v) is 4.65. The van der Waals surface area contributed by atoms with Crippen molar-refractivity contribution >= 4 is 5.78 Å². The van der Waals surface area contributed by atoms with Gasteiger partial charge in [0.05, 0.1) is 12.6 Å². The lowest BCUT2D eigenvalue weighted by atomic mass is 9.97. The molecule has 0 amide bonds. The number of carbonyl (C=O) groups excluding carboxylic acids is 1. The van der Waals surface area contributed by atoms with Crippen LogP contribution in [-0.2, 0) is 6.42 Å². The monoisotopic (exact) mass is 269 g/mol. The van der Waals surface area contributed by atoms with Crippen molar-refractivity contribution in [3.05, 3.63) is 71.8 Å². The summed E-state index contributed by atoms with van der Waals surface area (Å²) in [4.78, 5) is 12.5. The van der Waals surface area contributed by atoms with Crippen molar-refractivity contribution in [2.24, 2.45) is 0 Å². The third-order valence-electron chi connectivity index (χ3n) is 3.16. The van der Waals surface area contributed by atoms with Crippen molar-refractivity contribution in [2.45, 2.75) is 12.5 Å². The summed E-state index contributed by atoms with van der Waals surface area (Å²) in [5.41, 5.74) is 1.80. The van der Waals surface area contributed by atoms with Crippen molar-refractivity contribution < 1.29 is 9.90 Å². The summed E-state index contributed by atoms with van der Waals surface area (Å²) in [6.07, 6.45) is 0.620. The fourth-order valence-corrected chi connectivity index (χ4v) is 2.15. The summed E-state index contributed by atoms with van der Waals surface area (Å²) in [6.45, 7) is 0.434. The van der Waals surface area contributed by atoms with Gasteiger partial charge in [-0.15, -0.1) is 0 Å². The topological polar surface area (TPSA) is 49.3 Å². The molecule has 3 nitrogen and oxygen atoms in total. The molecule has 3 heteroatoms. The van der Waals surface area contributed by atoms with Crippen LogP contribution in [0.4, 0.5) is 0 Å². The van der Waals surface area contributed by atoms with Crippen molar-refractivity contribution in [3.8, 4) is 0 Å². The number of ketones is 1. The third-order valence-corrected chi connectivity index (χ3v) is 3.16. The Morgan fingerprint density at radius 3 is 2.20 bits per heavy atom. The van der Waals surface area contributed by atoms with Crippen molar-refractivity contribution in [3.63, 3.8) is 0 Å². The minimum absolute atomic E-state index is 0.0212. The zero-order chi connectivity index (χ0) is 14.2. The minimum Gasteiger partial charge on any atom is -0.395 e. The van der Waals surface area contributed by atoms with Crippen LogP contribution in [0.1, 0.15) is 15.9 Å². The summed E-state index contributed by atoms with van der Waals surface area (Å²) in [5, 5.41) is 12.1. The van der Waals surface area contributed by atoms with Gasteiger partial charge in [-0.2, -0.15) is 0 Å². The molecule has 20 heavy (non-hydrogen) atoms. The highest BCUT2D eigenvalue weighted by molar-refractivity contribution is 6.00. The van der Waals surface area contributed by atoms with Crippen LogP contribution < -0.4 is 5.32 Å². The van der Waals surface area contributed by atoms with Crippen LogP contribution in [0.15, 0.2) is 60.7 Å². The van der Waals surface area contributed by atoms with Crippen LogP contribution in [0.25, 0.3) is 0 Å². The lowest BCUT2D eigenvalue weighted by molar-refractivity contribution is 0.0939. The molecule has 0 radical (unpaired) electrons. The Bertz CT molecular complexity index is 525. The Labute approximate surface area is 119 Å². The van der Waals surface area contributed by atoms with E-state index >= 15 is 0 Å². The van der Waals surface area contributed by atoms with E-state index in [4.69, 9.17) is 5.11 Å². The van der Waals surface area contributed by atoms with Gasteiger partial charge in [-0.3, -0.25) is 4.79 Å². The molecule has 0 aliphatic heterocycles. The molecular weight excluding hydrogens is 250 g/mol. The predicted molar refractivity (Wildman–Crippen MR) is 79.8 cm³/mol. The van der Waals surface area contributed by atoms with Gasteiger partial charge in [0.25, 0.3) is 0 Å². The number of rotatable bonds is 7. The maximum atomic E-state index is 12.5. The van der Waals surface area contributed by atoms with Crippen LogP contribution in [0.3, 0.4) is 0 Å². The molecule has 0 aromatic heterocycles. The molecule has 2 N–H and O–H groups in total. The van der Waals surface area contributed by atoms with Gasteiger partial charge in [0.2, 0.25) is 0 Å². The molecule has 0 bridgehead atoms. The highest BCUT2D eigenvalue weighted by atomic mass is 16.3. The Morgan fingerprint density at radius 1 is 1.00 bits per heavy atom. The average Bonchev–Trinajstić information content (AvgIpc) is 2.52. The predicted octanol–water partition coefficient (Wildman–Crippen LogP) is 2.06. The Morgan fingerprint density at radius 2 is 1.60 bits per heavy atom. The van der Waals surface area contributed by atoms with Crippen molar-refractivity contribution in [1.29, 1.82) is 0 Å². The van der Waals surface area contributed by atoms with E-state index in [1.54, 1.807) is 0 Å². The number of aliphatic hydroxyl groups is 1. The fourth-order valence-electron chi connectivity index (χ4n) is 2.15. The molecule has 0 fully saturated rings. The number of hydrogen-bond donors (Lipinski definition) is 2. The molecule has 0 spiro atoms. The van der Waals surface area contributed by atoms with Crippen LogP contribution in [0.5, 0.6) is 0 Å². The van der Waals surface area contributed by atoms with Gasteiger partial charge < -0.3 is 10.4 Å². The molecule has 0 saturated heterocycles. The van der Waals surface area contributed by atoms with Gasteiger partial charge in [0, 0.05) is 12.1 Å². The Kier molecular flexibility index (Phi) is 5.47. The number of Topliss-reactive ketones (excluding diaryl/α,β-unsaturated/α-hetero) is 1. The summed E-state index contributed by atoms with van der Waals surface area (Å²) in [7, 11) is 0. The molecule has 104 valence electrons. The van der Waals surface area contributed by atoms with Crippen LogP contribution in [-0.4, -0.2) is 30.1 Å². The maximum absolute atomic E-state index is 12.5. The summed E-state index contributed by atoms with van der Waals surface area (Å²) in [6, 6.07) is 18.8. The zero-order valence-electron chi connectivity index (χ0n) is 11.3. The highest BCUT2D eigenvalue weighted by Gasteiger charge is 2.19. The minimum atomic E-state index is -0.313. The second-order valence-electron chi connectivity index (χ2n) is 4.65. The van der Waals surface area contributed by atoms with E-state index in [1.807, 2.05) is 60.7 Å². The van der Waals surface area contributed by atoms with E-state index in [0.717, 1.165) is 5.56 Å². The first-order chi connectivity index (χ1) is 9.81. The summed E-state index contributed by atoms with van der Waals surface area (Å²) in [5.74, 6) is 0.0582. The molecule has 1 unspecified atom stereocenters. The van der Waals surface area contributed by atoms with Gasteiger partial charge in [-0.25, -0.2) is 0 Å². The highest BCUT2D eigenvalue weighted by Crippen LogP contribution is 2.09. The fraction of sp³-hybridized carbons (Fsp3) is 0.235. The summed E-state index contributed by atoms with van der Waals surface area (Å²) < 4.78 is 0. The molecule has 2 aromatic rings. The van der Waals surface area contributed by atoms with Gasteiger partial charge in [0.15, 0.2) is 5.78 Å². The first kappa shape index (κ1) is 14.4. The maximum Gasteiger partial charge on any atom is 0.180 e. The molecule has 2 aromatic carbocycles. The molecule has 0 heterocycles. The molecule has 0 aliphatic carbocycles. The van der Waals surface area contributed by atoms with Crippen LogP contribution in [0, 0.1) is 0 Å². The first-order valence-corrected chi connectivity index (χ1v) is 6.78. The SMILES string of the molecule is O=C(c1ccccc1)C(Cc1ccccc1)NCCO. The van der Waals surface area contributed by atoms with Crippen molar-refractivity contribution in [1.82, 2.24) is 5.32 Å². The summed E-state index contributed by atoms with van der Waals surface area (Å²) >= 11 is 0. The molecule has 2 rings (SSSR count). The van der Waals surface area contributed by atoms with Crippen molar-refractivity contribution in [2.75, 3.05) is 13.2 Å². The first-order valence-electron chi connectivity index (χ1n) is 6.78. The molecule has 0 aliphatic rings. The third kappa shape index (κ3) is 4.02. The Hall–Kier alpha value is -1.97.